The molecular weight excluding hydrogens is 407 g/mol. The van der Waals surface area contributed by atoms with Crippen molar-refractivity contribution < 1.29 is 17.7 Å². The molecule has 1 aromatic heterocycles. The van der Waals surface area contributed by atoms with Crippen molar-refractivity contribution in [1.29, 1.82) is 0 Å². The molecule has 3 aromatic rings. The predicted molar refractivity (Wildman–Crippen MR) is 104 cm³/mol. The molecule has 1 aliphatic heterocycles. The van der Waals surface area contributed by atoms with Gasteiger partial charge in [0.25, 0.3) is 5.69 Å². The molecule has 28 heavy (non-hydrogen) atoms. The van der Waals surface area contributed by atoms with E-state index >= 15 is 0 Å². The number of piperazine rings is 1. The standard InChI is InChI=1S/C17H15FN4O4S2/c18-12-1-4-14(5-2-12)28(25,26)21-9-7-20(8-10-21)17-19-15-6-3-13(22(23)24)11-16(15)27-17/h1-6,11H,7-10H2. The minimum absolute atomic E-state index is 0.0120. The third-order valence-electron chi connectivity index (χ3n) is 4.53. The third-order valence-corrected chi connectivity index (χ3v) is 7.52. The monoisotopic (exact) mass is 422 g/mol. The summed E-state index contributed by atoms with van der Waals surface area (Å²) in [5, 5.41) is 11.6. The lowest BCUT2D eigenvalue weighted by molar-refractivity contribution is -0.384. The average molecular weight is 422 g/mol. The van der Waals surface area contributed by atoms with Crippen LogP contribution in [0.25, 0.3) is 10.2 Å². The largest absolute Gasteiger partial charge is 0.345 e. The first-order valence-corrected chi connectivity index (χ1v) is 10.7. The lowest BCUT2D eigenvalue weighted by Crippen LogP contribution is -2.48. The Labute approximate surface area is 164 Å². The van der Waals surface area contributed by atoms with Gasteiger partial charge in [0, 0.05) is 38.3 Å². The number of fused-ring (bicyclic) bond motifs is 1. The Morgan fingerprint density at radius 1 is 1.07 bits per heavy atom. The van der Waals surface area contributed by atoms with E-state index in [4.69, 9.17) is 0 Å². The highest BCUT2D eigenvalue weighted by molar-refractivity contribution is 7.89. The maximum absolute atomic E-state index is 13.1. The molecule has 1 saturated heterocycles. The van der Waals surface area contributed by atoms with Gasteiger partial charge in [-0.2, -0.15) is 4.31 Å². The molecule has 0 bridgehead atoms. The van der Waals surface area contributed by atoms with E-state index in [2.05, 4.69) is 4.98 Å². The number of nitrogens with zero attached hydrogens (tertiary/aromatic N) is 4. The SMILES string of the molecule is O=[N+]([O-])c1ccc2nc(N3CCN(S(=O)(=O)c4ccc(F)cc4)CC3)sc2c1. The number of nitro benzene ring substituents is 1. The fraction of sp³-hybridized carbons (Fsp3) is 0.235. The summed E-state index contributed by atoms with van der Waals surface area (Å²) in [7, 11) is -3.68. The molecule has 0 N–H and O–H groups in total. The number of rotatable bonds is 4. The van der Waals surface area contributed by atoms with E-state index in [1.807, 2.05) is 4.90 Å². The van der Waals surface area contributed by atoms with Gasteiger partial charge in [0.2, 0.25) is 10.0 Å². The van der Waals surface area contributed by atoms with Crippen LogP contribution >= 0.6 is 11.3 Å². The maximum Gasteiger partial charge on any atom is 0.270 e. The molecule has 0 spiro atoms. The number of thiazole rings is 1. The van der Waals surface area contributed by atoms with E-state index in [9.17, 15) is 22.9 Å². The molecule has 1 aliphatic rings. The third kappa shape index (κ3) is 3.43. The van der Waals surface area contributed by atoms with Crippen molar-refractivity contribution >= 4 is 42.4 Å². The Morgan fingerprint density at radius 3 is 2.39 bits per heavy atom. The molecule has 146 valence electrons. The van der Waals surface area contributed by atoms with E-state index in [-0.39, 0.29) is 23.7 Å². The van der Waals surface area contributed by atoms with E-state index in [0.29, 0.717) is 28.4 Å². The summed E-state index contributed by atoms with van der Waals surface area (Å²) in [5.41, 5.74) is 0.685. The lowest BCUT2D eigenvalue weighted by Gasteiger charge is -2.33. The molecule has 0 saturated carbocycles. The van der Waals surface area contributed by atoms with Crippen molar-refractivity contribution in [3.8, 4) is 0 Å². The highest BCUT2D eigenvalue weighted by Crippen LogP contribution is 2.32. The van der Waals surface area contributed by atoms with Crippen molar-refractivity contribution in [3.63, 3.8) is 0 Å². The van der Waals surface area contributed by atoms with Gasteiger partial charge in [0.1, 0.15) is 5.82 Å². The first-order valence-electron chi connectivity index (χ1n) is 8.40. The minimum Gasteiger partial charge on any atom is -0.345 e. The summed E-state index contributed by atoms with van der Waals surface area (Å²) in [6, 6.07) is 9.30. The Hall–Kier alpha value is -2.63. The fourth-order valence-corrected chi connectivity index (χ4v) is 5.50. The number of sulfonamides is 1. The van der Waals surface area contributed by atoms with Crippen LogP contribution in [0, 0.1) is 15.9 Å². The zero-order valence-electron chi connectivity index (χ0n) is 14.5. The minimum atomic E-state index is -3.68. The van der Waals surface area contributed by atoms with Crippen molar-refractivity contribution in [2.45, 2.75) is 4.90 Å². The highest BCUT2D eigenvalue weighted by Gasteiger charge is 2.29. The maximum atomic E-state index is 13.1. The van der Waals surface area contributed by atoms with Crippen LogP contribution in [0.2, 0.25) is 0 Å². The van der Waals surface area contributed by atoms with Crippen LogP contribution < -0.4 is 4.90 Å². The van der Waals surface area contributed by atoms with Crippen LogP contribution in [-0.4, -0.2) is 48.8 Å². The van der Waals surface area contributed by atoms with Gasteiger partial charge in [-0.3, -0.25) is 10.1 Å². The van der Waals surface area contributed by atoms with Crippen LogP contribution in [0.1, 0.15) is 0 Å². The average Bonchev–Trinajstić information content (AvgIpc) is 3.11. The van der Waals surface area contributed by atoms with Gasteiger partial charge in [0.05, 0.1) is 20.0 Å². The van der Waals surface area contributed by atoms with E-state index < -0.39 is 20.8 Å². The summed E-state index contributed by atoms with van der Waals surface area (Å²) in [6.45, 7) is 1.44. The number of halogens is 1. The van der Waals surface area contributed by atoms with Gasteiger partial charge in [0.15, 0.2) is 5.13 Å². The van der Waals surface area contributed by atoms with Gasteiger partial charge in [-0.1, -0.05) is 11.3 Å². The van der Waals surface area contributed by atoms with Crippen LogP contribution in [-0.2, 0) is 10.0 Å². The predicted octanol–water partition coefficient (Wildman–Crippen LogP) is 2.85. The van der Waals surface area contributed by atoms with Crippen molar-refractivity contribution in [3.05, 3.63) is 58.4 Å². The summed E-state index contributed by atoms with van der Waals surface area (Å²) in [5.74, 6) is -0.486. The second kappa shape index (κ2) is 7.08. The highest BCUT2D eigenvalue weighted by atomic mass is 32.2. The van der Waals surface area contributed by atoms with Crippen LogP contribution in [0.5, 0.6) is 0 Å². The number of hydrogen-bond donors (Lipinski definition) is 0. The molecule has 2 heterocycles. The molecule has 8 nitrogen and oxygen atoms in total. The lowest BCUT2D eigenvalue weighted by atomic mass is 10.3. The zero-order valence-corrected chi connectivity index (χ0v) is 16.1. The van der Waals surface area contributed by atoms with Crippen LogP contribution in [0.15, 0.2) is 47.4 Å². The number of nitro groups is 1. The molecule has 0 radical (unpaired) electrons. The Morgan fingerprint density at radius 2 is 1.75 bits per heavy atom. The second-order valence-corrected chi connectivity index (χ2v) is 9.20. The van der Waals surface area contributed by atoms with E-state index in [1.165, 1.54) is 39.9 Å². The summed E-state index contributed by atoms with van der Waals surface area (Å²) >= 11 is 1.34. The summed E-state index contributed by atoms with van der Waals surface area (Å²) in [4.78, 5) is 17.0. The van der Waals surface area contributed by atoms with Gasteiger partial charge >= 0.3 is 0 Å². The molecule has 0 aliphatic carbocycles. The Kier molecular flexibility index (Phi) is 4.73. The molecule has 0 amide bonds. The molecule has 0 atom stereocenters. The molecular formula is C17H15FN4O4S2. The Balaban J connectivity index is 1.50. The topological polar surface area (TPSA) is 96.7 Å². The first kappa shape index (κ1) is 18.7. The zero-order chi connectivity index (χ0) is 19.9. The van der Waals surface area contributed by atoms with Gasteiger partial charge in [-0.25, -0.2) is 17.8 Å². The molecule has 0 unspecified atom stereocenters. The van der Waals surface area contributed by atoms with Crippen molar-refractivity contribution in [2.75, 3.05) is 31.1 Å². The van der Waals surface area contributed by atoms with Crippen LogP contribution in [0.3, 0.4) is 0 Å². The van der Waals surface area contributed by atoms with Crippen molar-refractivity contribution in [1.82, 2.24) is 9.29 Å². The normalized spacial score (nSPS) is 15.8. The number of benzene rings is 2. The number of anilines is 1. The second-order valence-electron chi connectivity index (χ2n) is 6.25. The van der Waals surface area contributed by atoms with E-state index in [0.717, 1.165) is 12.1 Å². The summed E-state index contributed by atoms with van der Waals surface area (Å²) in [6.07, 6.45) is 0. The molecule has 1 fully saturated rings. The first-order chi connectivity index (χ1) is 13.3. The van der Waals surface area contributed by atoms with Crippen molar-refractivity contribution in [2.24, 2.45) is 0 Å². The Bertz CT molecular complexity index is 1140. The number of aromatic nitrogens is 1. The molecule has 2 aromatic carbocycles. The van der Waals surface area contributed by atoms with E-state index in [1.54, 1.807) is 6.07 Å². The van der Waals surface area contributed by atoms with Crippen LogP contribution in [0.4, 0.5) is 15.2 Å². The summed E-state index contributed by atoms with van der Waals surface area (Å²) < 4.78 is 40.5. The van der Waals surface area contributed by atoms with Gasteiger partial charge in [-0.05, 0) is 30.3 Å². The molecule has 4 rings (SSSR count). The number of non-ortho nitro benzene ring substituents is 1. The molecule has 11 heteroatoms. The number of hydrogen-bond acceptors (Lipinski definition) is 7. The smallest absolute Gasteiger partial charge is 0.270 e. The fourth-order valence-electron chi connectivity index (χ4n) is 3.03. The van der Waals surface area contributed by atoms with Gasteiger partial charge in [-0.15, -0.1) is 0 Å². The van der Waals surface area contributed by atoms with Gasteiger partial charge < -0.3 is 4.90 Å². The quantitative estimate of drug-likeness (QED) is 0.474.